The molecule has 3 atom stereocenters. The van der Waals surface area contributed by atoms with Crippen LogP contribution in [-0.4, -0.2) is 50.0 Å². The highest BCUT2D eigenvalue weighted by atomic mass is 32.2. The number of methoxy groups -OCH3 is 1. The van der Waals surface area contributed by atoms with Crippen LogP contribution >= 0.6 is 0 Å². The molecule has 0 radical (unpaired) electrons. The van der Waals surface area contributed by atoms with E-state index < -0.39 is 32.5 Å². The molecule has 3 rings (SSSR count). The Kier molecular flexibility index (Phi) is 7.03. The molecule has 0 aromatic heterocycles. The first-order chi connectivity index (χ1) is 15.5. The Balaban J connectivity index is 2.14. The summed E-state index contributed by atoms with van der Waals surface area (Å²) in [6.07, 6.45) is -0.534. The average molecular weight is 471 g/mol. The second kappa shape index (κ2) is 9.44. The maximum absolute atomic E-state index is 14.0. The van der Waals surface area contributed by atoms with E-state index in [1.165, 1.54) is 17.0 Å². The Labute approximate surface area is 195 Å². The van der Waals surface area contributed by atoms with Gasteiger partial charge in [-0.15, -0.1) is 0 Å². The average Bonchev–Trinajstić information content (AvgIpc) is 2.78. The maximum atomic E-state index is 14.0. The topological polar surface area (TPSA) is 108 Å². The van der Waals surface area contributed by atoms with Crippen LogP contribution in [0, 0.1) is 22.7 Å². The minimum atomic E-state index is -3.89. The first-order valence-corrected chi connectivity index (χ1v) is 12.4. The zero-order valence-corrected chi connectivity index (χ0v) is 20.2. The summed E-state index contributed by atoms with van der Waals surface area (Å²) in [6, 6.07) is 15.6. The molecule has 33 heavy (non-hydrogen) atoms. The van der Waals surface area contributed by atoms with E-state index in [0.29, 0.717) is 18.7 Å². The minimum Gasteiger partial charge on any atom is -0.497 e. The summed E-state index contributed by atoms with van der Waals surface area (Å²) in [4.78, 5) is 13.2. The summed E-state index contributed by atoms with van der Waals surface area (Å²) < 4.78 is 33.3. The molecule has 1 saturated heterocycles. The minimum absolute atomic E-state index is 0.0856. The van der Waals surface area contributed by atoms with Gasteiger partial charge in [0.1, 0.15) is 5.75 Å². The molecule has 1 aliphatic heterocycles. The van der Waals surface area contributed by atoms with Crippen molar-refractivity contribution < 1.29 is 23.1 Å². The molecule has 1 aliphatic rings. The fourth-order valence-corrected chi connectivity index (χ4v) is 7.47. The van der Waals surface area contributed by atoms with Crippen molar-refractivity contribution in [2.24, 2.45) is 11.3 Å². The Bertz CT molecular complexity index is 1150. The van der Waals surface area contributed by atoms with Crippen LogP contribution in [0.5, 0.6) is 5.75 Å². The van der Waals surface area contributed by atoms with Crippen molar-refractivity contribution in [1.29, 1.82) is 5.26 Å². The predicted octanol–water partition coefficient (Wildman–Crippen LogP) is 4.54. The third kappa shape index (κ3) is 5.14. The number of hydrogen-bond donors (Lipinski definition) is 1. The van der Waals surface area contributed by atoms with Gasteiger partial charge in [-0.25, -0.2) is 13.2 Å². The van der Waals surface area contributed by atoms with Crippen LogP contribution in [-0.2, 0) is 9.84 Å². The number of nitriles is 1. The normalized spacial score (nSPS) is 20.0. The van der Waals surface area contributed by atoms with E-state index in [2.05, 4.69) is 0 Å². The molecule has 2 aromatic carbocycles. The summed E-state index contributed by atoms with van der Waals surface area (Å²) in [5, 5.41) is 18.1. The fraction of sp³-hybridized carbons (Fsp3) is 0.440. The zero-order valence-electron chi connectivity index (χ0n) is 19.4. The summed E-state index contributed by atoms with van der Waals surface area (Å²) in [7, 11) is -2.31. The Hall–Kier alpha value is -3.05. The molecule has 176 valence electrons. The quantitative estimate of drug-likeness (QED) is 0.687. The number of sulfone groups is 1. The molecular weight excluding hydrogens is 440 g/mol. The van der Waals surface area contributed by atoms with Crippen LogP contribution in [0.4, 0.5) is 4.79 Å². The fourth-order valence-electron chi connectivity index (χ4n) is 4.95. The molecule has 8 heteroatoms. The molecule has 1 N–H and O–H groups in total. The van der Waals surface area contributed by atoms with Gasteiger partial charge in [0, 0.05) is 19.0 Å². The van der Waals surface area contributed by atoms with Gasteiger partial charge in [-0.05, 0) is 53.6 Å². The van der Waals surface area contributed by atoms with Crippen LogP contribution in [0.3, 0.4) is 0 Å². The van der Waals surface area contributed by atoms with Crippen LogP contribution < -0.4 is 4.74 Å². The van der Waals surface area contributed by atoms with Crippen LogP contribution in [0.15, 0.2) is 53.4 Å². The second-order valence-electron chi connectivity index (χ2n) is 9.53. The van der Waals surface area contributed by atoms with Gasteiger partial charge in [0.2, 0.25) is 0 Å². The predicted molar refractivity (Wildman–Crippen MR) is 125 cm³/mol. The summed E-state index contributed by atoms with van der Waals surface area (Å²) in [5.41, 5.74) is 0.547. The number of hydrogen-bond acceptors (Lipinski definition) is 5. The van der Waals surface area contributed by atoms with Gasteiger partial charge in [0.15, 0.2) is 9.84 Å². The van der Waals surface area contributed by atoms with E-state index in [-0.39, 0.29) is 22.9 Å². The highest BCUT2D eigenvalue weighted by Gasteiger charge is 2.48. The van der Waals surface area contributed by atoms with Gasteiger partial charge < -0.3 is 14.7 Å². The van der Waals surface area contributed by atoms with Gasteiger partial charge in [0.05, 0.1) is 28.9 Å². The molecule has 1 amide bonds. The lowest BCUT2D eigenvalue weighted by atomic mass is 9.72. The maximum Gasteiger partial charge on any atom is 0.407 e. The number of nitrogens with zero attached hydrogens (tertiary/aromatic N) is 2. The smallest absolute Gasteiger partial charge is 0.407 e. The standard InChI is InChI=1S/C25H30N2O5S/c1-25(2,3)23(33(30,31)20-7-5-6-17(14-20)15-26)22-16-27(24(28)29)13-12-21(22)18-8-10-19(32-4)11-9-18/h5-11,14,21-23H,12-13,16H2,1-4H3,(H,28,29). The van der Waals surface area contributed by atoms with Crippen molar-refractivity contribution in [2.75, 3.05) is 20.2 Å². The van der Waals surface area contributed by atoms with E-state index in [1.54, 1.807) is 19.2 Å². The van der Waals surface area contributed by atoms with E-state index in [4.69, 9.17) is 4.74 Å². The number of amides is 1. The van der Waals surface area contributed by atoms with Crippen molar-refractivity contribution in [3.8, 4) is 11.8 Å². The number of carbonyl (C=O) groups is 1. The van der Waals surface area contributed by atoms with Crippen molar-refractivity contribution in [2.45, 2.75) is 43.3 Å². The highest BCUT2D eigenvalue weighted by molar-refractivity contribution is 7.92. The van der Waals surface area contributed by atoms with Crippen molar-refractivity contribution in [3.05, 3.63) is 59.7 Å². The molecule has 0 saturated carbocycles. The molecule has 1 fully saturated rings. The van der Waals surface area contributed by atoms with E-state index >= 15 is 0 Å². The van der Waals surface area contributed by atoms with Gasteiger partial charge in [-0.2, -0.15) is 5.26 Å². The molecule has 3 unspecified atom stereocenters. The first kappa shape index (κ1) is 24.6. The van der Waals surface area contributed by atoms with E-state index in [9.17, 15) is 23.6 Å². The van der Waals surface area contributed by atoms with Crippen molar-refractivity contribution >= 4 is 15.9 Å². The molecule has 1 heterocycles. The van der Waals surface area contributed by atoms with E-state index in [1.807, 2.05) is 51.1 Å². The molecule has 0 spiro atoms. The molecule has 0 bridgehead atoms. The number of ether oxygens (including phenoxy) is 1. The largest absolute Gasteiger partial charge is 0.497 e. The number of benzene rings is 2. The lowest BCUT2D eigenvalue weighted by Gasteiger charge is -2.45. The van der Waals surface area contributed by atoms with Gasteiger partial charge in [-0.1, -0.05) is 39.0 Å². The third-order valence-electron chi connectivity index (χ3n) is 6.34. The first-order valence-electron chi connectivity index (χ1n) is 10.8. The second-order valence-corrected chi connectivity index (χ2v) is 11.6. The molecule has 0 aliphatic carbocycles. The molecular formula is C25H30N2O5S. The Morgan fingerprint density at radius 1 is 1.21 bits per heavy atom. The molecule has 2 aromatic rings. The van der Waals surface area contributed by atoms with Crippen LogP contribution in [0.2, 0.25) is 0 Å². The third-order valence-corrected chi connectivity index (χ3v) is 8.98. The molecule has 7 nitrogen and oxygen atoms in total. The number of carboxylic acid groups (broad SMARTS) is 1. The number of rotatable bonds is 5. The van der Waals surface area contributed by atoms with Crippen LogP contribution in [0.1, 0.15) is 44.2 Å². The van der Waals surface area contributed by atoms with E-state index in [0.717, 1.165) is 5.56 Å². The highest BCUT2D eigenvalue weighted by Crippen LogP contribution is 2.45. The Morgan fingerprint density at radius 2 is 1.88 bits per heavy atom. The SMILES string of the molecule is COc1ccc(C2CCN(C(=O)O)CC2C(C(C)(C)C)S(=O)(=O)c2cccc(C#N)c2)cc1. The monoisotopic (exact) mass is 470 g/mol. The van der Waals surface area contributed by atoms with Crippen molar-refractivity contribution in [3.63, 3.8) is 0 Å². The van der Waals surface area contributed by atoms with Gasteiger partial charge in [0.25, 0.3) is 0 Å². The number of piperidine rings is 1. The number of likely N-dealkylation sites (tertiary alicyclic amines) is 1. The summed E-state index contributed by atoms with van der Waals surface area (Å²) >= 11 is 0. The lowest BCUT2D eigenvalue weighted by Crippen LogP contribution is -2.52. The lowest BCUT2D eigenvalue weighted by molar-refractivity contribution is 0.0996. The van der Waals surface area contributed by atoms with Crippen LogP contribution in [0.25, 0.3) is 0 Å². The Morgan fingerprint density at radius 3 is 2.42 bits per heavy atom. The summed E-state index contributed by atoms with van der Waals surface area (Å²) in [5.74, 6) is 0.0789. The van der Waals surface area contributed by atoms with Gasteiger partial charge >= 0.3 is 6.09 Å². The summed E-state index contributed by atoms with van der Waals surface area (Å²) in [6.45, 7) is 6.06. The zero-order chi connectivity index (χ0) is 24.4. The van der Waals surface area contributed by atoms with Crippen molar-refractivity contribution in [1.82, 2.24) is 4.90 Å². The van der Waals surface area contributed by atoms with Gasteiger partial charge in [-0.3, -0.25) is 0 Å².